The largest absolute Gasteiger partial charge is 0.507 e. The molecule has 60 heavy (non-hydrogen) atoms. The number of aryl methyl sites for hydroxylation is 2. The van der Waals surface area contributed by atoms with Gasteiger partial charge in [-0.1, -0.05) is 88.4 Å². The van der Waals surface area contributed by atoms with Gasteiger partial charge in [-0.2, -0.15) is 0 Å². The van der Waals surface area contributed by atoms with Gasteiger partial charge in [0.2, 0.25) is 11.6 Å². The molecule has 0 bridgehead atoms. The molecular formula is C50H46N4O6. The number of nitrogen functional groups attached to an aromatic ring is 2. The lowest BCUT2D eigenvalue weighted by Gasteiger charge is -2.29. The van der Waals surface area contributed by atoms with Gasteiger partial charge in [0.25, 0.3) is 0 Å². The first-order valence-corrected chi connectivity index (χ1v) is 19.8. The van der Waals surface area contributed by atoms with E-state index in [1.165, 1.54) is 12.4 Å². The van der Waals surface area contributed by atoms with Gasteiger partial charge in [0.15, 0.2) is 11.5 Å². The number of nitrogens with two attached hydrogens (primary N) is 2. The van der Waals surface area contributed by atoms with Gasteiger partial charge >= 0.3 is 0 Å². The minimum atomic E-state index is -0.686. The molecule has 10 heteroatoms. The lowest BCUT2D eigenvalue weighted by molar-refractivity contribution is -0.113. The zero-order valence-corrected chi connectivity index (χ0v) is 34.2. The highest BCUT2D eigenvalue weighted by Gasteiger charge is 2.38. The number of anilines is 4. The number of Topliss-reactive ketones (excluding diaryl/α,β-unsaturated/α-hetero) is 2. The Morgan fingerprint density at radius 1 is 0.517 bits per heavy atom. The number of hydrogen-bond acceptors (Lipinski definition) is 10. The zero-order valence-electron chi connectivity index (χ0n) is 34.2. The molecule has 0 aromatic heterocycles. The van der Waals surface area contributed by atoms with E-state index in [4.69, 9.17) is 11.5 Å². The van der Waals surface area contributed by atoms with E-state index in [1.807, 2.05) is 88.4 Å². The minimum Gasteiger partial charge on any atom is -0.507 e. The predicted octanol–water partition coefficient (Wildman–Crippen LogP) is 10.8. The van der Waals surface area contributed by atoms with E-state index in [0.717, 1.165) is 21.5 Å². The maximum Gasteiger partial charge on any atom is 0.229 e. The number of allylic oxidation sites excluding steroid dienone is 4. The van der Waals surface area contributed by atoms with Crippen LogP contribution in [0.15, 0.2) is 109 Å². The Bertz CT molecular complexity index is 2800. The van der Waals surface area contributed by atoms with Crippen LogP contribution in [0.4, 0.5) is 22.7 Å². The van der Waals surface area contributed by atoms with Crippen molar-refractivity contribution >= 4 is 78.2 Å². The third-order valence-electron chi connectivity index (χ3n) is 11.6. The van der Waals surface area contributed by atoms with Crippen LogP contribution in [0.25, 0.3) is 55.0 Å². The second kappa shape index (κ2) is 14.7. The predicted molar refractivity (Wildman–Crippen MR) is 243 cm³/mol. The molecule has 0 unspecified atom stereocenters. The quantitative estimate of drug-likeness (QED) is 0.0569. The molecular weight excluding hydrogens is 753 g/mol. The molecule has 2 aliphatic carbocycles. The molecule has 0 amide bonds. The van der Waals surface area contributed by atoms with Crippen molar-refractivity contribution in [3.63, 3.8) is 0 Å². The molecule has 0 spiro atoms. The Balaban J connectivity index is 1.35. The molecule has 2 aliphatic rings. The van der Waals surface area contributed by atoms with Crippen molar-refractivity contribution in [3.05, 3.63) is 142 Å². The van der Waals surface area contributed by atoms with E-state index in [2.05, 4.69) is 10.6 Å². The Morgan fingerprint density at radius 3 is 1.23 bits per heavy atom. The van der Waals surface area contributed by atoms with Crippen molar-refractivity contribution in [1.29, 1.82) is 0 Å². The van der Waals surface area contributed by atoms with E-state index >= 15 is 0 Å². The molecule has 302 valence electrons. The summed E-state index contributed by atoms with van der Waals surface area (Å²) in [5.74, 6) is -3.40. The first-order valence-electron chi connectivity index (χ1n) is 19.8. The van der Waals surface area contributed by atoms with Crippen LogP contribution in [-0.2, 0) is 9.59 Å². The highest BCUT2D eigenvalue weighted by molar-refractivity contribution is 6.35. The summed E-state index contributed by atoms with van der Waals surface area (Å²) in [6, 6.07) is 25.8. The SMILES string of the molecule is Cc1cc2c(c(O)c1-c1c(C)cc3c(c1O)/C(=C\Nc1cccc4c(N)cccc14)C(=O)C(O)=C3C(C)C)/C(=C/Nc1cccc3c(N)cccc13)C(=O)C(O)=C2C(C)C. The molecule has 0 atom stereocenters. The topological polar surface area (TPSA) is 191 Å². The van der Waals surface area contributed by atoms with Gasteiger partial charge in [-0.05, 0) is 72.2 Å². The third-order valence-corrected chi connectivity index (χ3v) is 11.6. The molecule has 10 nitrogen and oxygen atoms in total. The van der Waals surface area contributed by atoms with Crippen LogP contribution in [0.5, 0.6) is 11.5 Å². The number of benzene rings is 6. The highest BCUT2D eigenvalue weighted by atomic mass is 16.3. The number of rotatable bonds is 7. The van der Waals surface area contributed by atoms with Gasteiger partial charge in [-0.3, -0.25) is 9.59 Å². The van der Waals surface area contributed by atoms with Crippen LogP contribution in [-0.4, -0.2) is 32.0 Å². The van der Waals surface area contributed by atoms with E-state index in [0.29, 0.717) is 56.1 Å². The lowest BCUT2D eigenvalue weighted by Crippen LogP contribution is -2.20. The van der Waals surface area contributed by atoms with Crippen molar-refractivity contribution in [2.75, 3.05) is 22.1 Å². The third kappa shape index (κ3) is 6.10. The Labute approximate surface area is 347 Å². The molecule has 0 saturated carbocycles. The number of aliphatic hydroxyl groups excluding tert-OH is 2. The fourth-order valence-corrected chi connectivity index (χ4v) is 8.85. The van der Waals surface area contributed by atoms with Crippen LogP contribution in [0.3, 0.4) is 0 Å². The van der Waals surface area contributed by atoms with Crippen molar-refractivity contribution in [3.8, 4) is 22.6 Å². The maximum absolute atomic E-state index is 14.2. The van der Waals surface area contributed by atoms with E-state index < -0.39 is 23.1 Å². The number of aromatic hydroxyl groups is 2. The summed E-state index contributed by atoms with van der Waals surface area (Å²) in [4.78, 5) is 28.3. The smallest absolute Gasteiger partial charge is 0.229 e. The molecule has 10 N–H and O–H groups in total. The fraction of sp³-hybridized carbons (Fsp3) is 0.160. The summed E-state index contributed by atoms with van der Waals surface area (Å²) in [7, 11) is 0. The van der Waals surface area contributed by atoms with E-state index in [-0.39, 0.29) is 56.7 Å². The Hall–Kier alpha value is -7.46. The van der Waals surface area contributed by atoms with Crippen molar-refractivity contribution in [1.82, 2.24) is 0 Å². The van der Waals surface area contributed by atoms with Gasteiger partial charge in [0.05, 0.1) is 11.1 Å². The minimum absolute atomic E-state index is 0.00676. The number of ketones is 2. The Morgan fingerprint density at radius 2 is 0.867 bits per heavy atom. The molecule has 0 saturated heterocycles. The van der Waals surface area contributed by atoms with Crippen LogP contribution < -0.4 is 22.1 Å². The van der Waals surface area contributed by atoms with Gasteiger partial charge in [-0.15, -0.1) is 0 Å². The Kier molecular flexibility index (Phi) is 9.66. The van der Waals surface area contributed by atoms with Crippen molar-refractivity contribution < 1.29 is 30.0 Å². The maximum atomic E-state index is 14.2. The normalized spacial score (nSPS) is 15.5. The van der Waals surface area contributed by atoms with Crippen LogP contribution >= 0.6 is 0 Å². The van der Waals surface area contributed by atoms with Crippen LogP contribution in [0.2, 0.25) is 0 Å². The molecule has 6 aromatic carbocycles. The number of hydrogen-bond donors (Lipinski definition) is 8. The molecule has 0 heterocycles. The second-order valence-corrected chi connectivity index (χ2v) is 16.1. The molecule has 0 fully saturated rings. The number of phenolic OH excluding ortho intramolecular Hbond substituents is 2. The van der Waals surface area contributed by atoms with E-state index in [9.17, 15) is 30.0 Å². The van der Waals surface area contributed by atoms with Gasteiger partial charge < -0.3 is 42.5 Å². The summed E-state index contributed by atoms with van der Waals surface area (Å²) < 4.78 is 0. The number of carbonyl (C=O) groups excluding carboxylic acids is 2. The molecule has 8 rings (SSSR count). The lowest BCUT2D eigenvalue weighted by atomic mass is 9.75. The summed E-state index contributed by atoms with van der Waals surface area (Å²) in [6.07, 6.45) is 2.94. The number of carbonyl (C=O) groups is 2. The fourth-order valence-electron chi connectivity index (χ4n) is 8.85. The van der Waals surface area contributed by atoms with Crippen LogP contribution in [0.1, 0.15) is 61.1 Å². The first kappa shape index (κ1) is 39.4. The number of phenols is 2. The number of nitrogens with one attached hydrogen (secondary N) is 2. The summed E-state index contributed by atoms with van der Waals surface area (Å²) in [5, 5.41) is 57.7. The average Bonchev–Trinajstić information content (AvgIpc) is 3.20. The van der Waals surface area contributed by atoms with Gasteiger partial charge in [0.1, 0.15) is 11.5 Å². The van der Waals surface area contributed by atoms with Crippen molar-refractivity contribution in [2.45, 2.75) is 41.5 Å². The first-order chi connectivity index (χ1) is 28.6. The van der Waals surface area contributed by atoms with Gasteiger partial charge in [0, 0.05) is 90.1 Å². The monoisotopic (exact) mass is 798 g/mol. The average molecular weight is 799 g/mol. The zero-order chi connectivity index (χ0) is 42.9. The van der Waals surface area contributed by atoms with Gasteiger partial charge in [-0.25, -0.2) is 0 Å². The second-order valence-electron chi connectivity index (χ2n) is 16.1. The molecule has 6 aromatic rings. The molecule has 0 radical (unpaired) electrons. The summed E-state index contributed by atoms with van der Waals surface area (Å²) in [5.41, 5.74) is 18.6. The van der Waals surface area contributed by atoms with Crippen molar-refractivity contribution in [2.24, 2.45) is 11.8 Å². The van der Waals surface area contributed by atoms with Crippen LogP contribution in [0, 0.1) is 25.7 Å². The van der Waals surface area contributed by atoms with E-state index in [1.54, 1.807) is 38.1 Å². The number of fused-ring (bicyclic) bond motifs is 4. The molecule has 0 aliphatic heterocycles. The highest BCUT2D eigenvalue weighted by Crippen LogP contribution is 2.54. The summed E-state index contributed by atoms with van der Waals surface area (Å²) in [6.45, 7) is 11.0. The number of aliphatic hydroxyl groups is 2. The standard InChI is InChI=1S/C50H46N4O6/c1-23(2)39-31-19-25(5)41(47(57)43(31)33(45(55)49(39)59)21-53-37-17-9-11-27-29(37)13-7-15-35(27)51)42-26(6)20-32-40(24(3)4)50(60)46(56)34(44(32)48(42)58)22-54-38-18-10-12-28-30(38)14-8-16-36(28)52/h7-24,53-54,57-60H,51-52H2,1-6H3/b33-21-,34-22+. The summed E-state index contributed by atoms with van der Waals surface area (Å²) >= 11 is 0.